The number of carbonyl (C=O) groups excluding carboxylic acids is 1. The third kappa shape index (κ3) is 3.32. The molecule has 0 aliphatic rings. The molecule has 2 N–H and O–H groups in total. The molecule has 0 radical (unpaired) electrons. The maximum absolute atomic E-state index is 12.6. The van der Waals surface area contributed by atoms with Crippen molar-refractivity contribution in [3.05, 3.63) is 59.4 Å². The van der Waals surface area contributed by atoms with Crippen LogP contribution in [0.25, 0.3) is 0 Å². The Kier molecular flexibility index (Phi) is 4.58. The van der Waals surface area contributed by atoms with E-state index in [2.05, 4.69) is 4.98 Å². The van der Waals surface area contributed by atoms with E-state index in [0.29, 0.717) is 5.56 Å². The van der Waals surface area contributed by atoms with E-state index in [1.165, 1.54) is 23.5 Å². The van der Waals surface area contributed by atoms with Crippen molar-refractivity contribution in [2.45, 2.75) is 18.4 Å². The highest BCUT2D eigenvalue weighted by atomic mass is 32.2. The molecular formula is C15H17N3O3S. The molecule has 0 aliphatic carbocycles. The number of aryl methyl sites for hydroxylation is 1. The summed E-state index contributed by atoms with van der Waals surface area (Å²) >= 11 is 0. The lowest BCUT2D eigenvalue weighted by Gasteiger charge is -2.18. The van der Waals surface area contributed by atoms with Gasteiger partial charge in [-0.25, -0.2) is 8.42 Å². The molecule has 0 saturated carbocycles. The van der Waals surface area contributed by atoms with Crippen molar-refractivity contribution in [3.8, 4) is 0 Å². The second-order valence-electron chi connectivity index (χ2n) is 4.96. The molecule has 0 fully saturated rings. The summed E-state index contributed by atoms with van der Waals surface area (Å²) in [6.07, 6.45) is 3.23. The molecule has 0 saturated heterocycles. The van der Waals surface area contributed by atoms with Gasteiger partial charge in [-0.2, -0.15) is 4.31 Å². The maximum Gasteiger partial charge on any atom is 0.249 e. The predicted molar refractivity (Wildman–Crippen MR) is 82.6 cm³/mol. The fourth-order valence-electron chi connectivity index (χ4n) is 2.04. The number of benzene rings is 1. The SMILES string of the molecule is Cc1ccc(S(=O)(=O)N(C)Cc2cccnc2)cc1C(N)=O. The lowest BCUT2D eigenvalue weighted by Crippen LogP contribution is -2.27. The molecule has 0 spiro atoms. The van der Waals surface area contributed by atoms with Crippen molar-refractivity contribution >= 4 is 15.9 Å². The average molecular weight is 319 g/mol. The number of hydrogen-bond acceptors (Lipinski definition) is 4. The normalized spacial score (nSPS) is 11.6. The van der Waals surface area contributed by atoms with Crippen LogP contribution in [0.3, 0.4) is 0 Å². The summed E-state index contributed by atoms with van der Waals surface area (Å²) in [5, 5.41) is 0. The zero-order chi connectivity index (χ0) is 16.3. The zero-order valence-electron chi connectivity index (χ0n) is 12.4. The molecule has 6 nitrogen and oxygen atoms in total. The van der Waals surface area contributed by atoms with E-state index >= 15 is 0 Å². The van der Waals surface area contributed by atoms with Gasteiger partial charge in [0.2, 0.25) is 15.9 Å². The van der Waals surface area contributed by atoms with Crippen LogP contribution in [0, 0.1) is 6.92 Å². The summed E-state index contributed by atoms with van der Waals surface area (Å²) in [5.41, 5.74) is 6.89. The summed E-state index contributed by atoms with van der Waals surface area (Å²) < 4.78 is 26.4. The van der Waals surface area contributed by atoms with Crippen LogP contribution in [0.5, 0.6) is 0 Å². The Morgan fingerprint density at radius 1 is 1.32 bits per heavy atom. The number of amides is 1. The van der Waals surface area contributed by atoms with Gasteiger partial charge in [0.05, 0.1) is 4.90 Å². The van der Waals surface area contributed by atoms with Crippen LogP contribution in [0.1, 0.15) is 21.5 Å². The van der Waals surface area contributed by atoms with Crippen molar-refractivity contribution in [2.24, 2.45) is 5.73 Å². The molecule has 7 heteroatoms. The topological polar surface area (TPSA) is 93.4 Å². The first-order valence-electron chi connectivity index (χ1n) is 6.58. The number of rotatable bonds is 5. The summed E-state index contributed by atoms with van der Waals surface area (Å²) in [6.45, 7) is 1.89. The van der Waals surface area contributed by atoms with Crippen molar-refractivity contribution in [1.82, 2.24) is 9.29 Å². The maximum atomic E-state index is 12.6. The van der Waals surface area contributed by atoms with Gasteiger partial charge < -0.3 is 5.73 Å². The largest absolute Gasteiger partial charge is 0.366 e. The standard InChI is InChI=1S/C15H17N3O3S/c1-11-5-6-13(8-14(11)15(16)19)22(20,21)18(2)10-12-4-3-7-17-9-12/h3-9H,10H2,1-2H3,(H2,16,19). The Hall–Kier alpha value is -2.25. The molecule has 1 aromatic heterocycles. The van der Waals surface area contributed by atoms with E-state index in [-0.39, 0.29) is 17.0 Å². The summed E-state index contributed by atoms with van der Waals surface area (Å²) in [5.74, 6) is -0.649. The van der Waals surface area contributed by atoms with Crippen LogP contribution in [-0.4, -0.2) is 30.7 Å². The number of primary amides is 1. The first-order valence-corrected chi connectivity index (χ1v) is 8.02. The number of aromatic nitrogens is 1. The highest BCUT2D eigenvalue weighted by Gasteiger charge is 2.22. The highest BCUT2D eigenvalue weighted by molar-refractivity contribution is 7.89. The van der Waals surface area contributed by atoms with Gasteiger partial charge in [-0.15, -0.1) is 0 Å². The first-order chi connectivity index (χ1) is 10.3. The third-order valence-electron chi connectivity index (χ3n) is 3.31. The number of sulfonamides is 1. The van der Waals surface area contributed by atoms with Crippen LogP contribution >= 0.6 is 0 Å². The number of hydrogen-bond donors (Lipinski definition) is 1. The zero-order valence-corrected chi connectivity index (χ0v) is 13.2. The smallest absolute Gasteiger partial charge is 0.249 e. The van der Waals surface area contributed by atoms with Gasteiger partial charge in [-0.1, -0.05) is 12.1 Å². The molecule has 0 aliphatic heterocycles. The molecule has 0 unspecified atom stereocenters. The highest BCUT2D eigenvalue weighted by Crippen LogP contribution is 2.20. The lowest BCUT2D eigenvalue weighted by atomic mass is 10.1. The second-order valence-corrected chi connectivity index (χ2v) is 7.01. The molecule has 1 aromatic carbocycles. The summed E-state index contributed by atoms with van der Waals surface area (Å²) in [7, 11) is -2.23. The van der Waals surface area contributed by atoms with Gasteiger partial charge in [0.15, 0.2) is 0 Å². The minimum atomic E-state index is -3.71. The summed E-state index contributed by atoms with van der Waals surface area (Å²) in [6, 6.07) is 7.89. The first kappa shape index (κ1) is 16.1. The van der Waals surface area contributed by atoms with Gasteiger partial charge in [0.25, 0.3) is 0 Å². The molecule has 2 rings (SSSR count). The van der Waals surface area contributed by atoms with E-state index in [9.17, 15) is 13.2 Å². The average Bonchev–Trinajstić information content (AvgIpc) is 2.48. The number of nitrogens with two attached hydrogens (primary N) is 1. The molecule has 0 bridgehead atoms. The Morgan fingerprint density at radius 3 is 2.64 bits per heavy atom. The number of carbonyl (C=O) groups is 1. The van der Waals surface area contributed by atoms with E-state index in [1.54, 1.807) is 37.5 Å². The molecule has 0 atom stereocenters. The van der Waals surface area contributed by atoms with Crippen molar-refractivity contribution in [1.29, 1.82) is 0 Å². The van der Waals surface area contributed by atoms with Gasteiger partial charge in [0.1, 0.15) is 0 Å². The monoisotopic (exact) mass is 319 g/mol. The number of pyridine rings is 1. The molecule has 116 valence electrons. The van der Waals surface area contributed by atoms with Crippen molar-refractivity contribution in [3.63, 3.8) is 0 Å². The Balaban J connectivity index is 2.34. The van der Waals surface area contributed by atoms with Crippen LogP contribution in [0.15, 0.2) is 47.6 Å². The van der Waals surface area contributed by atoms with Crippen LogP contribution in [0.4, 0.5) is 0 Å². The molecule has 1 amide bonds. The van der Waals surface area contributed by atoms with E-state index < -0.39 is 15.9 Å². The molecular weight excluding hydrogens is 302 g/mol. The van der Waals surface area contributed by atoms with E-state index in [0.717, 1.165) is 5.56 Å². The van der Waals surface area contributed by atoms with Gasteiger partial charge in [-0.05, 0) is 36.2 Å². The Labute approximate surface area is 129 Å². The van der Waals surface area contributed by atoms with E-state index in [4.69, 9.17) is 5.73 Å². The minimum Gasteiger partial charge on any atom is -0.366 e. The molecule has 22 heavy (non-hydrogen) atoms. The predicted octanol–water partition coefficient (Wildman–Crippen LogP) is 1.31. The molecule has 2 aromatic rings. The Morgan fingerprint density at radius 2 is 2.05 bits per heavy atom. The van der Waals surface area contributed by atoms with Crippen molar-refractivity contribution in [2.75, 3.05) is 7.05 Å². The minimum absolute atomic E-state index is 0.0401. The van der Waals surface area contributed by atoms with Crippen LogP contribution < -0.4 is 5.73 Å². The van der Waals surface area contributed by atoms with E-state index in [1.807, 2.05) is 0 Å². The van der Waals surface area contributed by atoms with Crippen molar-refractivity contribution < 1.29 is 13.2 Å². The Bertz CT molecular complexity index is 789. The fraction of sp³-hybridized carbons (Fsp3) is 0.200. The van der Waals surface area contributed by atoms with Gasteiger partial charge in [-0.3, -0.25) is 9.78 Å². The second kappa shape index (κ2) is 6.25. The molecule has 1 heterocycles. The third-order valence-corrected chi connectivity index (χ3v) is 5.11. The van der Waals surface area contributed by atoms with Crippen LogP contribution in [-0.2, 0) is 16.6 Å². The van der Waals surface area contributed by atoms with Gasteiger partial charge in [0, 0.05) is 31.5 Å². The lowest BCUT2D eigenvalue weighted by molar-refractivity contribution is 0.0999. The van der Waals surface area contributed by atoms with Gasteiger partial charge >= 0.3 is 0 Å². The quantitative estimate of drug-likeness (QED) is 0.899. The fourth-order valence-corrected chi connectivity index (χ4v) is 3.23. The number of nitrogens with zero attached hydrogens (tertiary/aromatic N) is 2. The van der Waals surface area contributed by atoms with Crippen LogP contribution in [0.2, 0.25) is 0 Å². The summed E-state index contributed by atoms with van der Waals surface area (Å²) in [4.78, 5) is 15.4.